The molecule has 1 rings (SSSR count). The van der Waals surface area contributed by atoms with Gasteiger partial charge in [0, 0.05) is 6.04 Å². The molecule has 86 valence electrons. The Morgan fingerprint density at radius 1 is 1.40 bits per heavy atom. The Bertz CT molecular complexity index is 293. The van der Waals surface area contributed by atoms with Gasteiger partial charge in [-0.1, -0.05) is 37.0 Å². The second kappa shape index (κ2) is 4.34. The zero-order valence-corrected chi connectivity index (χ0v) is 11.0. The molecule has 2 atom stereocenters. The number of nitrogens with one attached hydrogen (secondary N) is 1. The van der Waals surface area contributed by atoms with Gasteiger partial charge in [-0.3, -0.25) is 4.79 Å². The normalized spacial score (nSPS) is 27.4. The number of amides is 1. The van der Waals surface area contributed by atoms with Crippen LogP contribution in [0.4, 0.5) is 0 Å². The molecular formula is C11H17Cl2NO. The van der Waals surface area contributed by atoms with Crippen LogP contribution in [0.25, 0.3) is 0 Å². The Kier molecular flexibility index (Phi) is 3.72. The van der Waals surface area contributed by atoms with Crippen molar-refractivity contribution in [2.24, 2.45) is 17.3 Å². The van der Waals surface area contributed by atoms with Gasteiger partial charge in [0.25, 0.3) is 0 Å². The van der Waals surface area contributed by atoms with Crippen molar-refractivity contribution in [2.45, 2.75) is 33.7 Å². The van der Waals surface area contributed by atoms with E-state index in [1.807, 2.05) is 13.8 Å². The van der Waals surface area contributed by atoms with Crippen LogP contribution in [0.2, 0.25) is 0 Å². The molecule has 1 aliphatic carbocycles. The lowest BCUT2D eigenvalue weighted by molar-refractivity contribution is -0.123. The first kappa shape index (κ1) is 12.9. The third-order valence-corrected chi connectivity index (χ3v) is 3.18. The zero-order valence-electron chi connectivity index (χ0n) is 9.47. The van der Waals surface area contributed by atoms with Crippen LogP contribution in [-0.4, -0.2) is 11.9 Å². The maximum Gasteiger partial charge on any atom is 0.224 e. The van der Waals surface area contributed by atoms with Crippen molar-refractivity contribution in [1.82, 2.24) is 5.32 Å². The topological polar surface area (TPSA) is 29.1 Å². The first-order valence-electron chi connectivity index (χ1n) is 5.10. The summed E-state index contributed by atoms with van der Waals surface area (Å²) in [5.41, 5.74) is -0.0337. The number of allylic oxidation sites excluding steroid dienone is 1. The van der Waals surface area contributed by atoms with E-state index in [-0.39, 0.29) is 33.7 Å². The average molecular weight is 250 g/mol. The largest absolute Gasteiger partial charge is 0.354 e. The molecule has 1 amide bonds. The molecule has 0 heterocycles. The molecule has 0 aromatic carbocycles. The molecule has 1 saturated carbocycles. The Balaban J connectivity index is 2.66. The molecule has 2 nitrogen and oxygen atoms in total. The van der Waals surface area contributed by atoms with Gasteiger partial charge in [0.15, 0.2) is 0 Å². The van der Waals surface area contributed by atoms with Gasteiger partial charge in [-0.05, 0) is 31.3 Å². The highest BCUT2D eigenvalue weighted by Gasteiger charge is 2.60. The van der Waals surface area contributed by atoms with Crippen molar-refractivity contribution in [1.29, 1.82) is 0 Å². The number of halogens is 2. The summed E-state index contributed by atoms with van der Waals surface area (Å²) in [5.74, 6) is 0.236. The minimum absolute atomic E-state index is 0.00704. The summed E-state index contributed by atoms with van der Waals surface area (Å²) < 4.78 is 0.243. The van der Waals surface area contributed by atoms with E-state index >= 15 is 0 Å². The van der Waals surface area contributed by atoms with Crippen molar-refractivity contribution in [2.75, 3.05) is 0 Å². The van der Waals surface area contributed by atoms with Gasteiger partial charge >= 0.3 is 0 Å². The summed E-state index contributed by atoms with van der Waals surface area (Å²) in [6.45, 7) is 8.00. The summed E-state index contributed by atoms with van der Waals surface area (Å²) in [4.78, 5) is 11.8. The molecule has 0 aromatic rings. The van der Waals surface area contributed by atoms with E-state index in [0.717, 1.165) is 0 Å². The first-order valence-corrected chi connectivity index (χ1v) is 5.85. The molecule has 0 bridgehead atoms. The molecule has 1 N–H and O–H groups in total. The van der Waals surface area contributed by atoms with E-state index in [0.29, 0.717) is 0 Å². The van der Waals surface area contributed by atoms with Crippen LogP contribution in [0.3, 0.4) is 0 Å². The highest BCUT2D eigenvalue weighted by Crippen LogP contribution is 2.59. The number of carbonyl (C=O) groups excluding carboxylic acids is 1. The molecular weight excluding hydrogens is 233 g/mol. The van der Waals surface area contributed by atoms with Gasteiger partial charge in [0.2, 0.25) is 5.91 Å². The van der Waals surface area contributed by atoms with Crippen molar-refractivity contribution in [3.63, 3.8) is 0 Å². The highest BCUT2D eigenvalue weighted by atomic mass is 35.5. The lowest BCUT2D eigenvalue weighted by atomic mass is 10.1. The monoisotopic (exact) mass is 249 g/mol. The molecule has 0 radical (unpaired) electrons. The highest BCUT2D eigenvalue weighted by molar-refractivity contribution is 6.55. The summed E-state index contributed by atoms with van der Waals surface area (Å²) in [7, 11) is 0. The molecule has 0 unspecified atom stereocenters. The van der Waals surface area contributed by atoms with Gasteiger partial charge in [0.05, 0.1) is 5.92 Å². The van der Waals surface area contributed by atoms with Crippen molar-refractivity contribution < 1.29 is 4.79 Å². The second-order valence-corrected chi connectivity index (χ2v) is 5.95. The quantitative estimate of drug-likeness (QED) is 0.819. The number of hydrogen-bond donors (Lipinski definition) is 1. The van der Waals surface area contributed by atoms with E-state index in [1.165, 1.54) is 0 Å². The number of carbonyl (C=O) groups is 1. The predicted molar refractivity (Wildman–Crippen MR) is 63.8 cm³/mol. The molecule has 4 heteroatoms. The number of rotatable bonds is 3. The van der Waals surface area contributed by atoms with Crippen LogP contribution in [-0.2, 0) is 4.79 Å². The molecule has 1 fully saturated rings. The summed E-state index contributed by atoms with van der Waals surface area (Å²) >= 11 is 11.2. The minimum atomic E-state index is -0.0337. The minimum Gasteiger partial charge on any atom is -0.354 e. The lowest BCUT2D eigenvalue weighted by Crippen LogP contribution is -2.32. The van der Waals surface area contributed by atoms with Crippen LogP contribution in [0.5, 0.6) is 0 Å². The SMILES string of the molecule is CC(C)NC(=O)[C@@H]1[C@@H](C=C(Cl)Cl)C1(C)C. The van der Waals surface area contributed by atoms with Crippen LogP contribution >= 0.6 is 23.2 Å². The Morgan fingerprint density at radius 2 is 1.93 bits per heavy atom. The molecule has 1 aliphatic rings. The fourth-order valence-corrected chi connectivity index (χ4v) is 2.27. The van der Waals surface area contributed by atoms with E-state index in [4.69, 9.17) is 23.2 Å². The number of hydrogen-bond acceptors (Lipinski definition) is 1. The van der Waals surface area contributed by atoms with Crippen LogP contribution < -0.4 is 5.32 Å². The van der Waals surface area contributed by atoms with Crippen molar-refractivity contribution in [3.8, 4) is 0 Å². The fourth-order valence-electron chi connectivity index (χ4n) is 2.00. The van der Waals surface area contributed by atoms with E-state index in [2.05, 4.69) is 19.2 Å². The summed E-state index contributed by atoms with van der Waals surface area (Å²) in [6.07, 6.45) is 1.76. The van der Waals surface area contributed by atoms with Crippen LogP contribution in [0, 0.1) is 17.3 Å². The van der Waals surface area contributed by atoms with E-state index in [1.54, 1.807) is 6.08 Å². The van der Waals surface area contributed by atoms with Gasteiger partial charge in [0.1, 0.15) is 4.49 Å². The van der Waals surface area contributed by atoms with Gasteiger partial charge in [-0.15, -0.1) is 0 Å². The summed E-state index contributed by atoms with van der Waals surface area (Å²) in [6, 6.07) is 0.171. The summed E-state index contributed by atoms with van der Waals surface area (Å²) in [5, 5.41) is 2.91. The maximum absolute atomic E-state index is 11.8. The molecule has 0 aliphatic heterocycles. The maximum atomic E-state index is 11.8. The fraction of sp³-hybridized carbons (Fsp3) is 0.727. The van der Waals surface area contributed by atoms with Gasteiger partial charge in [-0.2, -0.15) is 0 Å². The van der Waals surface area contributed by atoms with Gasteiger partial charge < -0.3 is 5.32 Å². The Hall–Kier alpha value is -0.210. The lowest BCUT2D eigenvalue weighted by Gasteiger charge is -2.08. The zero-order chi connectivity index (χ0) is 11.8. The van der Waals surface area contributed by atoms with Gasteiger partial charge in [-0.25, -0.2) is 0 Å². The van der Waals surface area contributed by atoms with E-state index < -0.39 is 0 Å². The smallest absolute Gasteiger partial charge is 0.224 e. The third kappa shape index (κ3) is 2.88. The third-order valence-electron chi connectivity index (χ3n) is 2.93. The Morgan fingerprint density at radius 3 is 2.33 bits per heavy atom. The molecule has 15 heavy (non-hydrogen) atoms. The predicted octanol–water partition coefficient (Wildman–Crippen LogP) is 3.10. The van der Waals surface area contributed by atoms with Crippen molar-refractivity contribution in [3.05, 3.63) is 10.6 Å². The molecule has 0 spiro atoms. The van der Waals surface area contributed by atoms with Crippen LogP contribution in [0.15, 0.2) is 10.6 Å². The standard InChI is InChI=1S/C11H17Cl2NO/c1-6(2)14-10(15)9-7(5-8(12)13)11(9,3)4/h5-7,9H,1-4H3,(H,14,15)/t7-,9+/m1/s1. The first-order chi connectivity index (χ1) is 6.76. The van der Waals surface area contributed by atoms with Crippen LogP contribution in [0.1, 0.15) is 27.7 Å². The average Bonchev–Trinajstić information content (AvgIpc) is 2.49. The Labute approximate surface area is 101 Å². The van der Waals surface area contributed by atoms with Crippen molar-refractivity contribution >= 4 is 29.1 Å². The van der Waals surface area contributed by atoms with E-state index in [9.17, 15) is 4.79 Å². The molecule has 0 aromatic heterocycles. The second-order valence-electron chi connectivity index (χ2n) is 4.94. The molecule has 0 saturated heterocycles.